The van der Waals surface area contributed by atoms with Crippen LogP contribution in [0, 0.1) is 0 Å². The minimum absolute atomic E-state index is 0.0769. The number of nitrogens with zero attached hydrogens (tertiary/aromatic N) is 2. The molecule has 0 spiro atoms. The lowest BCUT2D eigenvalue weighted by molar-refractivity contribution is 0.0631. The molecule has 9 nitrogen and oxygen atoms in total. The fraction of sp³-hybridized carbons (Fsp3) is 0.103. The molecule has 0 amide bonds. The molecule has 38 heavy (non-hydrogen) atoms. The summed E-state index contributed by atoms with van der Waals surface area (Å²) in [5.74, 6) is -0.203. The Labute approximate surface area is 218 Å². The van der Waals surface area contributed by atoms with E-state index in [0.717, 1.165) is 0 Å². The first-order valence-corrected chi connectivity index (χ1v) is 11.6. The van der Waals surface area contributed by atoms with Gasteiger partial charge in [0.15, 0.2) is 23.0 Å². The smallest absolute Gasteiger partial charge is 0.166 e. The molecule has 0 aliphatic carbocycles. The lowest BCUT2D eigenvalue weighted by Gasteiger charge is -2.15. The summed E-state index contributed by atoms with van der Waals surface area (Å²) in [7, 11) is 0. The first-order valence-electron chi connectivity index (χ1n) is 11.6. The van der Waals surface area contributed by atoms with Crippen LogP contribution in [0.5, 0.6) is 34.5 Å². The molecular formula is C29H26N2O7. The summed E-state index contributed by atoms with van der Waals surface area (Å²) in [4.78, 5) is 8.67. The molecule has 194 valence electrons. The van der Waals surface area contributed by atoms with E-state index in [-0.39, 0.29) is 36.2 Å². The van der Waals surface area contributed by atoms with E-state index >= 15 is 0 Å². The van der Waals surface area contributed by atoms with Gasteiger partial charge in [-0.25, -0.2) is 0 Å². The number of rotatable bonds is 10. The molecule has 0 radical (unpaired) electrons. The number of benzene rings is 4. The second kappa shape index (κ2) is 12.3. The maximum atomic E-state index is 10.5. The maximum Gasteiger partial charge on any atom is 0.166 e. The number of aliphatic imine (C=N–C) groups is 2. The quantitative estimate of drug-likeness (QED) is 0.151. The van der Waals surface area contributed by atoms with Crippen molar-refractivity contribution in [2.75, 3.05) is 13.2 Å². The van der Waals surface area contributed by atoms with E-state index in [1.54, 1.807) is 72.8 Å². The predicted molar refractivity (Wildman–Crippen MR) is 144 cm³/mol. The van der Waals surface area contributed by atoms with Crippen molar-refractivity contribution < 1.29 is 35.0 Å². The molecule has 0 saturated heterocycles. The summed E-state index contributed by atoms with van der Waals surface area (Å²) in [6, 6.07) is 23.1. The van der Waals surface area contributed by atoms with E-state index in [2.05, 4.69) is 9.98 Å². The van der Waals surface area contributed by atoms with E-state index in [1.165, 1.54) is 24.6 Å². The number of phenols is 4. The highest BCUT2D eigenvalue weighted by Crippen LogP contribution is 2.31. The fourth-order valence-corrected chi connectivity index (χ4v) is 3.38. The number of aliphatic hydroxyl groups is 1. The third kappa shape index (κ3) is 6.59. The van der Waals surface area contributed by atoms with Crippen LogP contribution in [0.4, 0.5) is 11.4 Å². The van der Waals surface area contributed by atoms with Gasteiger partial charge in [-0.3, -0.25) is 9.98 Å². The Morgan fingerprint density at radius 3 is 1.45 bits per heavy atom. The van der Waals surface area contributed by atoms with Crippen LogP contribution < -0.4 is 9.47 Å². The first-order chi connectivity index (χ1) is 18.4. The van der Waals surface area contributed by atoms with E-state index in [0.29, 0.717) is 34.0 Å². The molecule has 0 atom stereocenters. The van der Waals surface area contributed by atoms with Crippen LogP contribution in [0.15, 0.2) is 94.9 Å². The van der Waals surface area contributed by atoms with Gasteiger partial charge in [0.2, 0.25) is 0 Å². The Kier molecular flexibility index (Phi) is 8.42. The number of phenolic OH excluding ortho intramolecular Hbond substituents is 4. The van der Waals surface area contributed by atoms with Crippen LogP contribution >= 0.6 is 0 Å². The summed E-state index contributed by atoms with van der Waals surface area (Å²) in [5, 5.41) is 49.7. The second-order valence-corrected chi connectivity index (χ2v) is 8.16. The lowest BCUT2D eigenvalue weighted by Crippen LogP contribution is -2.25. The van der Waals surface area contributed by atoms with Gasteiger partial charge in [0, 0.05) is 23.6 Å². The average molecular weight is 515 g/mol. The second-order valence-electron chi connectivity index (χ2n) is 8.16. The van der Waals surface area contributed by atoms with Crippen molar-refractivity contribution in [1.29, 1.82) is 0 Å². The van der Waals surface area contributed by atoms with Gasteiger partial charge in [0.1, 0.15) is 42.2 Å². The highest BCUT2D eigenvalue weighted by molar-refractivity contribution is 5.87. The van der Waals surface area contributed by atoms with Gasteiger partial charge >= 0.3 is 0 Å². The molecule has 5 N–H and O–H groups in total. The zero-order valence-electron chi connectivity index (χ0n) is 20.2. The van der Waals surface area contributed by atoms with E-state index in [1.807, 2.05) is 0 Å². The van der Waals surface area contributed by atoms with Crippen LogP contribution in [0.1, 0.15) is 11.1 Å². The standard InChI is InChI=1S/C29H26N2O7/c32-21(17-37-26-13-3-1-9-22(26)30-15-19-7-5-11-24(33)28(19)35)18-38-27-14-4-2-10-23(27)31-16-20-8-6-12-25(34)29(20)36/h1-16,21,32-36H,17-18H2. The largest absolute Gasteiger partial charge is 0.504 e. The molecule has 4 aromatic carbocycles. The minimum atomic E-state index is -0.977. The molecule has 0 aliphatic rings. The number of para-hydroxylation sites is 6. The molecule has 0 unspecified atom stereocenters. The summed E-state index contributed by atoms with van der Waals surface area (Å²) in [6.45, 7) is -0.154. The third-order valence-corrected chi connectivity index (χ3v) is 5.37. The zero-order valence-corrected chi connectivity index (χ0v) is 20.2. The molecule has 4 rings (SSSR count). The summed E-state index contributed by atoms with van der Waals surface area (Å²) in [5.41, 5.74) is 1.62. The number of aromatic hydroxyl groups is 4. The Morgan fingerprint density at radius 2 is 1.00 bits per heavy atom. The number of hydrogen-bond donors (Lipinski definition) is 5. The average Bonchev–Trinajstić information content (AvgIpc) is 2.93. The van der Waals surface area contributed by atoms with Gasteiger partial charge in [-0.05, 0) is 48.5 Å². The van der Waals surface area contributed by atoms with Crippen LogP contribution in [0.3, 0.4) is 0 Å². The van der Waals surface area contributed by atoms with Gasteiger partial charge in [-0.15, -0.1) is 0 Å². The van der Waals surface area contributed by atoms with E-state index < -0.39 is 6.10 Å². The van der Waals surface area contributed by atoms with E-state index in [4.69, 9.17) is 9.47 Å². The van der Waals surface area contributed by atoms with Crippen LogP contribution in [-0.4, -0.2) is 57.3 Å². The molecule has 0 fully saturated rings. The fourth-order valence-electron chi connectivity index (χ4n) is 3.38. The van der Waals surface area contributed by atoms with Crippen LogP contribution in [0.25, 0.3) is 0 Å². The molecule has 0 aromatic heterocycles. The van der Waals surface area contributed by atoms with Gasteiger partial charge in [0.05, 0.1) is 0 Å². The Bertz CT molecular complexity index is 1340. The molecule has 0 bridgehead atoms. The van der Waals surface area contributed by atoms with Crippen molar-refractivity contribution in [3.63, 3.8) is 0 Å². The molecule has 0 aliphatic heterocycles. The van der Waals surface area contributed by atoms with Crippen LogP contribution in [-0.2, 0) is 0 Å². The van der Waals surface area contributed by atoms with Crippen LogP contribution in [0.2, 0.25) is 0 Å². The zero-order chi connectivity index (χ0) is 26.9. The molecule has 9 heteroatoms. The van der Waals surface area contributed by atoms with Crippen molar-refractivity contribution in [3.8, 4) is 34.5 Å². The van der Waals surface area contributed by atoms with Gasteiger partial charge in [0.25, 0.3) is 0 Å². The van der Waals surface area contributed by atoms with Crippen molar-refractivity contribution in [2.24, 2.45) is 9.98 Å². The Balaban J connectivity index is 1.37. The summed E-state index contributed by atoms with van der Waals surface area (Å²) < 4.78 is 11.5. The molecular weight excluding hydrogens is 488 g/mol. The van der Waals surface area contributed by atoms with Crippen molar-refractivity contribution in [1.82, 2.24) is 0 Å². The molecule has 0 saturated carbocycles. The molecule has 0 heterocycles. The minimum Gasteiger partial charge on any atom is -0.504 e. The highest BCUT2D eigenvalue weighted by Gasteiger charge is 2.11. The number of ether oxygens (including phenoxy) is 2. The molecule has 4 aromatic rings. The lowest BCUT2D eigenvalue weighted by atomic mass is 10.2. The summed E-state index contributed by atoms with van der Waals surface area (Å²) in [6.07, 6.45) is 1.84. The monoisotopic (exact) mass is 514 g/mol. The topological polar surface area (TPSA) is 144 Å². The normalized spacial score (nSPS) is 12.1. The van der Waals surface area contributed by atoms with Gasteiger partial charge in [-0.1, -0.05) is 36.4 Å². The highest BCUT2D eigenvalue weighted by atomic mass is 16.5. The maximum absolute atomic E-state index is 10.5. The Morgan fingerprint density at radius 1 is 0.579 bits per heavy atom. The Hall–Kier alpha value is -5.02. The van der Waals surface area contributed by atoms with Gasteiger partial charge < -0.3 is 35.0 Å². The number of hydrogen-bond acceptors (Lipinski definition) is 9. The summed E-state index contributed by atoms with van der Waals surface area (Å²) >= 11 is 0. The SMILES string of the molecule is Oc1cccc(C=Nc2ccccc2OCC(O)COc2ccccc2N=Cc2cccc(O)c2O)c1O. The van der Waals surface area contributed by atoms with Crippen molar-refractivity contribution in [2.45, 2.75) is 6.10 Å². The van der Waals surface area contributed by atoms with Gasteiger partial charge in [-0.2, -0.15) is 0 Å². The third-order valence-electron chi connectivity index (χ3n) is 5.37. The first kappa shape index (κ1) is 26.1. The van der Waals surface area contributed by atoms with Crippen molar-refractivity contribution >= 4 is 23.8 Å². The number of aliphatic hydroxyl groups excluding tert-OH is 1. The van der Waals surface area contributed by atoms with E-state index in [9.17, 15) is 25.5 Å². The van der Waals surface area contributed by atoms with Crippen molar-refractivity contribution in [3.05, 3.63) is 96.1 Å². The predicted octanol–water partition coefficient (Wildman–Crippen LogP) is 4.83.